The molecule has 0 bridgehead atoms. The predicted octanol–water partition coefficient (Wildman–Crippen LogP) is 4.91. The number of hydrogen-bond acceptors (Lipinski definition) is 5. The molecule has 5 heteroatoms. The number of rotatable bonds is 12. The Morgan fingerprint density at radius 1 is 0.933 bits per heavy atom. The summed E-state index contributed by atoms with van der Waals surface area (Å²) in [6.45, 7) is 2.33. The Morgan fingerprint density at radius 3 is 2.47 bits per heavy atom. The molecule has 1 aromatic heterocycles. The highest BCUT2D eigenvalue weighted by Gasteiger charge is 2.21. The Hall–Kier alpha value is -2.14. The molecule has 164 valence electrons. The van der Waals surface area contributed by atoms with Gasteiger partial charge in [0.05, 0.1) is 0 Å². The van der Waals surface area contributed by atoms with Gasteiger partial charge in [0.1, 0.15) is 5.82 Å². The van der Waals surface area contributed by atoms with Crippen molar-refractivity contribution in [1.29, 1.82) is 0 Å². The Morgan fingerprint density at radius 2 is 1.70 bits per heavy atom. The molecule has 2 aromatic rings. The summed E-state index contributed by atoms with van der Waals surface area (Å²) < 4.78 is 0. The summed E-state index contributed by atoms with van der Waals surface area (Å²) in [5.74, 6) is 2.52. The zero-order chi connectivity index (χ0) is 21.0. The van der Waals surface area contributed by atoms with Crippen LogP contribution in [0.2, 0.25) is 0 Å². The normalized spacial score (nSPS) is 18.9. The van der Waals surface area contributed by atoms with E-state index in [1.807, 2.05) is 31.3 Å². The number of hydrogen-bond donors (Lipinski definition) is 2. The lowest BCUT2D eigenvalue weighted by Gasteiger charge is -2.29. The Bertz CT molecular complexity index is 710. The first kappa shape index (κ1) is 22.5. The lowest BCUT2D eigenvalue weighted by Crippen LogP contribution is -2.32. The zero-order valence-corrected chi connectivity index (χ0v) is 18.8. The van der Waals surface area contributed by atoms with E-state index in [9.17, 15) is 0 Å². The second-order valence-electron chi connectivity index (χ2n) is 8.85. The summed E-state index contributed by atoms with van der Waals surface area (Å²) in [7, 11) is 4.02. The Balaban J connectivity index is 1.20. The van der Waals surface area contributed by atoms with Crippen molar-refractivity contribution < 1.29 is 0 Å². The van der Waals surface area contributed by atoms with Gasteiger partial charge < -0.3 is 15.5 Å². The molecular weight excluding hydrogens is 370 g/mol. The number of nitrogens with one attached hydrogen (secondary N) is 2. The standard InChI is InChI=1S/C25H39N5/c1-30(2)24-17-19-27-25(29-24)28-23-15-13-22(14-16-23)20-26-18-9-4-3-6-10-21-11-7-5-8-12-21/h5,7-8,11-12,17,19,22-23,26H,3-4,6,9-10,13-16,18,20H2,1-2H3,(H,27,28,29)/t22-,23+. The van der Waals surface area contributed by atoms with Crippen molar-refractivity contribution in [1.82, 2.24) is 15.3 Å². The van der Waals surface area contributed by atoms with Gasteiger partial charge in [-0.15, -0.1) is 0 Å². The molecule has 0 spiro atoms. The molecule has 1 heterocycles. The molecular formula is C25H39N5. The summed E-state index contributed by atoms with van der Waals surface area (Å²) in [6.07, 6.45) is 13.3. The number of unbranched alkanes of at least 4 members (excludes halogenated alkanes) is 3. The van der Waals surface area contributed by atoms with Gasteiger partial charge in [0.2, 0.25) is 5.95 Å². The van der Waals surface area contributed by atoms with Crippen LogP contribution < -0.4 is 15.5 Å². The van der Waals surface area contributed by atoms with Gasteiger partial charge in [0, 0.05) is 26.3 Å². The monoisotopic (exact) mass is 409 g/mol. The zero-order valence-electron chi connectivity index (χ0n) is 18.8. The highest BCUT2D eigenvalue weighted by molar-refractivity contribution is 5.41. The number of benzene rings is 1. The quantitative estimate of drug-likeness (QED) is 0.488. The smallest absolute Gasteiger partial charge is 0.224 e. The topological polar surface area (TPSA) is 53.1 Å². The fourth-order valence-corrected chi connectivity index (χ4v) is 4.24. The van der Waals surface area contributed by atoms with Gasteiger partial charge >= 0.3 is 0 Å². The van der Waals surface area contributed by atoms with Gasteiger partial charge in [-0.05, 0) is 75.6 Å². The SMILES string of the molecule is CN(C)c1ccnc(N[C@H]2CC[C@@H](CNCCCCCCc3ccccc3)CC2)n1. The van der Waals surface area contributed by atoms with Crippen molar-refractivity contribution in [2.45, 2.75) is 63.8 Å². The Labute approximate surface area is 182 Å². The minimum atomic E-state index is 0.503. The average molecular weight is 410 g/mol. The number of nitrogens with zero attached hydrogens (tertiary/aromatic N) is 3. The first-order valence-corrected chi connectivity index (χ1v) is 11.7. The summed E-state index contributed by atoms with van der Waals surface area (Å²) >= 11 is 0. The highest BCUT2D eigenvalue weighted by atomic mass is 15.2. The molecule has 3 rings (SSSR count). The van der Waals surface area contributed by atoms with E-state index < -0.39 is 0 Å². The molecule has 1 saturated carbocycles. The van der Waals surface area contributed by atoms with Gasteiger partial charge in [0.15, 0.2) is 0 Å². The van der Waals surface area contributed by atoms with Crippen LogP contribution in [-0.2, 0) is 6.42 Å². The molecule has 1 fully saturated rings. The minimum absolute atomic E-state index is 0.503. The second kappa shape index (κ2) is 12.5. The largest absolute Gasteiger partial charge is 0.363 e. The van der Waals surface area contributed by atoms with Crippen molar-refractivity contribution in [2.75, 3.05) is 37.4 Å². The van der Waals surface area contributed by atoms with E-state index in [1.54, 1.807) is 0 Å². The fourth-order valence-electron chi connectivity index (χ4n) is 4.24. The van der Waals surface area contributed by atoms with Crippen LogP contribution in [0.25, 0.3) is 0 Å². The maximum absolute atomic E-state index is 4.59. The van der Waals surface area contributed by atoms with Crippen LogP contribution in [0.1, 0.15) is 56.9 Å². The van der Waals surface area contributed by atoms with Gasteiger partial charge in [-0.1, -0.05) is 43.2 Å². The van der Waals surface area contributed by atoms with Crippen LogP contribution in [0.4, 0.5) is 11.8 Å². The van der Waals surface area contributed by atoms with Crippen molar-refractivity contribution in [3.8, 4) is 0 Å². The number of anilines is 2. The molecule has 2 N–H and O–H groups in total. The molecule has 0 aliphatic heterocycles. The molecule has 0 radical (unpaired) electrons. The molecule has 1 aromatic carbocycles. The third kappa shape index (κ3) is 7.94. The van der Waals surface area contributed by atoms with E-state index in [0.29, 0.717) is 6.04 Å². The summed E-state index contributed by atoms with van der Waals surface area (Å²) in [4.78, 5) is 11.0. The fraction of sp³-hybridized carbons (Fsp3) is 0.600. The maximum Gasteiger partial charge on any atom is 0.224 e. The first-order valence-electron chi connectivity index (χ1n) is 11.7. The third-order valence-corrected chi connectivity index (χ3v) is 6.12. The van der Waals surface area contributed by atoms with E-state index in [2.05, 4.69) is 50.9 Å². The van der Waals surface area contributed by atoms with Crippen LogP contribution in [0, 0.1) is 5.92 Å². The molecule has 30 heavy (non-hydrogen) atoms. The molecule has 0 unspecified atom stereocenters. The molecule has 5 nitrogen and oxygen atoms in total. The van der Waals surface area contributed by atoms with Crippen LogP contribution in [0.3, 0.4) is 0 Å². The predicted molar refractivity (Wildman–Crippen MR) is 127 cm³/mol. The van der Waals surface area contributed by atoms with Crippen molar-refractivity contribution >= 4 is 11.8 Å². The van der Waals surface area contributed by atoms with Gasteiger partial charge in [-0.25, -0.2) is 4.98 Å². The molecule has 0 amide bonds. The van der Waals surface area contributed by atoms with E-state index in [-0.39, 0.29) is 0 Å². The van der Waals surface area contributed by atoms with Crippen LogP contribution in [-0.4, -0.2) is 43.2 Å². The molecule has 0 atom stereocenters. The summed E-state index contributed by atoms with van der Waals surface area (Å²) in [6, 6.07) is 13.3. The van der Waals surface area contributed by atoms with Crippen LogP contribution in [0.15, 0.2) is 42.6 Å². The van der Waals surface area contributed by atoms with Gasteiger partial charge in [-0.2, -0.15) is 4.98 Å². The lowest BCUT2D eigenvalue weighted by atomic mass is 9.86. The molecule has 1 aliphatic rings. The van der Waals surface area contributed by atoms with Crippen LogP contribution >= 0.6 is 0 Å². The van der Waals surface area contributed by atoms with E-state index in [1.165, 1.54) is 69.9 Å². The van der Waals surface area contributed by atoms with E-state index >= 15 is 0 Å². The summed E-state index contributed by atoms with van der Waals surface area (Å²) in [5.41, 5.74) is 1.47. The van der Waals surface area contributed by atoms with Gasteiger partial charge in [-0.3, -0.25) is 0 Å². The Kier molecular flexibility index (Phi) is 9.42. The molecule has 0 saturated heterocycles. The van der Waals surface area contributed by atoms with Gasteiger partial charge in [0.25, 0.3) is 0 Å². The number of aromatic nitrogens is 2. The average Bonchev–Trinajstić information content (AvgIpc) is 2.77. The molecule has 1 aliphatic carbocycles. The summed E-state index contributed by atoms with van der Waals surface area (Å²) in [5, 5.41) is 7.23. The second-order valence-corrected chi connectivity index (χ2v) is 8.85. The maximum atomic E-state index is 4.59. The van der Waals surface area contributed by atoms with E-state index in [0.717, 1.165) is 24.2 Å². The lowest BCUT2D eigenvalue weighted by molar-refractivity contribution is 0.323. The first-order chi connectivity index (χ1) is 14.7. The van der Waals surface area contributed by atoms with Crippen LogP contribution in [0.5, 0.6) is 0 Å². The third-order valence-electron chi connectivity index (χ3n) is 6.12. The van der Waals surface area contributed by atoms with E-state index in [4.69, 9.17) is 0 Å². The highest BCUT2D eigenvalue weighted by Crippen LogP contribution is 2.25. The number of aryl methyl sites for hydroxylation is 1. The van der Waals surface area contributed by atoms with Crippen molar-refractivity contribution in [3.05, 3.63) is 48.2 Å². The van der Waals surface area contributed by atoms with Crippen molar-refractivity contribution in [2.24, 2.45) is 5.92 Å². The minimum Gasteiger partial charge on any atom is -0.363 e. The van der Waals surface area contributed by atoms with Crippen molar-refractivity contribution in [3.63, 3.8) is 0 Å².